The van der Waals surface area contributed by atoms with E-state index in [0.29, 0.717) is 26.1 Å². The van der Waals surface area contributed by atoms with Gasteiger partial charge in [0.1, 0.15) is 18.0 Å². The number of piperazine rings is 1. The van der Waals surface area contributed by atoms with Crippen LogP contribution in [0, 0.1) is 0 Å². The molecule has 9 nitrogen and oxygen atoms in total. The molecule has 162 valence electrons. The van der Waals surface area contributed by atoms with E-state index >= 15 is 0 Å². The lowest BCUT2D eigenvalue weighted by Crippen LogP contribution is -2.55. The van der Waals surface area contributed by atoms with Crippen LogP contribution in [0.5, 0.6) is 11.5 Å². The van der Waals surface area contributed by atoms with Crippen LogP contribution in [0.3, 0.4) is 0 Å². The number of amides is 1. The van der Waals surface area contributed by atoms with E-state index in [4.69, 9.17) is 14.5 Å². The summed E-state index contributed by atoms with van der Waals surface area (Å²) in [6.07, 6.45) is 4.28. The van der Waals surface area contributed by atoms with E-state index in [2.05, 4.69) is 10.4 Å². The molecule has 0 spiro atoms. The van der Waals surface area contributed by atoms with Gasteiger partial charge in [-0.05, 0) is 37.1 Å². The third-order valence-corrected chi connectivity index (χ3v) is 4.99. The van der Waals surface area contributed by atoms with Crippen LogP contribution in [0.2, 0.25) is 0 Å². The first-order chi connectivity index (χ1) is 14.5. The number of methoxy groups -OCH3 is 2. The van der Waals surface area contributed by atoms with E-state index in [1.54, 1.807) is 30.0 Å². The molecule has 30 heavy (non-hydrogen) atoms. The fraction of sp³-hybridized carbons (Fsp3) is 0.476. The molecule has 9 heteroatoms. The van der Waals surface area contributed by atoms with Crippen LogP contribution in [0.15, 0.2) is 35.6 Å². The third kappa shape index (κ3) is 5.03. The Morgan fingerprint density at radius 2 is 2.10 bits per heavy atom. The van der Waals surface area contributed by atoms with Gasteiger partial charge in [0.2, 0.25) is 5.91 Å². The van der Waals surface area contributed by atoms with Gasteiger partial charge in [0.05, 0.1) is 26.1 Å². The summed E-state index contributed by atoms with van der Waals surface area (Å²) < 4.78 is 12.5. The summed E-state index contributed by atoms with van der Waals surface area (Å²) in [6.45, 7) is 4.91. The fourth-order valence-electron chi connectivity index (χ4n) is 3.46. The molecule has 1 aliphatic heterocycles. The number of nitrogens with one attached hydrogen (secondary N) is 1. The van der Waals surface area contributed by atoms with Gasteiger partial charge in [-0.25, -0.2) is 0 Å². The van der Waals surface area contributed by atoms with Gasteiger partial charge < -0.3 is 24.6 Å². The van der Waals surface area contributed by atoms with Crippen molar-refractivity contribution in [2.45, 2.75) is 13.3 Å². The Balaban J connectivity index is 1.66. The zero-order valence-corrected chi connectivity index (χ0v) is 18.1. The molecule has 0 unspecified atom stereocenters. The highest BCUT2D eigenvalue weighted by Crippen LogP contribution is 2.24. The van der Waals surface area contributed by atoms with Gasteiger partial charge >= 0.3 is 0 Å². The topological polar surface area (TPSA) is 84.2 Å². The number of guanidine groups is 1. The minimum Gasteiger partial charge on any atom is -0.497 e. The summed E-state index contributed by atoms with van der Waals surface area (Å²) in [5.74, 6) is 2.39. The summed E-state index contributed by atoms with van der Waals surface area (Å²) in [5.41, 5.74) is 1.86. The first-order valence-corrected chi connectivity index (χ1v) is 10.1. The molecule has 0 bridgehead atoms. The van der Waals surface area contributed by atoms with Crippen LogP contribution in [0.4, 0.5) is 5.69 Å². The number of anilines is 1. The van der Waals surface area contributed by atoms with Gasteiger partial charge in [-0.15, -0.1) is 0 Å². The average molecular weight is 415 g/mol. The van der Waals surface area contributed by atoms with Crippen molar-refractivity contribution in [1.29, 1.82) is 0 Å². The maximum atomic E-state index is 12.7. The van der Waals surface area contributed by atoms with Crippen molar-refractivity contribution < 1.29 is 14.3 Å². The SMILES string of the molecule is CCNC(=NCCc1cc(OC)ccc1OC)N1CCN(c2cnn(C)c2)C(=O)C1. The van der Waals surface area contributed by atoms with Crippen LogP contribution in [0.1, 0.15) is 12.5 Å². The second-order valence-electron chi connectivity index (χ2n) is 7.00. The standard InChI is InChI=1S/C21H30N6O3/c1-5-22-21(23-9-8-16-12-18(29-3)6-7-19(16)30-4)26-10-11-27(20(28)15-26)17-13-24-25(2)14-17/h6-7,12-14H,5,8-11,15H2,1-4H3,(H,22,23). The van der Waals surface area contributed by atoms with Gasteiger partial charge in [0.25, 0.3) is 0 Å². The number of carbonyl (C=O) groups excluding carboxylic acids is 1. The normalized spacial score (nSPS) is 14.8. The predicted octanol–water partition coefficient (Wildman–Crippen LogP) is 1.29. The molecule has 0 atom stereocenters. The van der Waals surface area contributed by atoms with Crippen molar-refractivity contribution in [3.05, 3.63) is 36.2 Å². The quantitative estimate of drug-likeness (QED) is 0.543. The largest absolute Gasteiger partial charge is 0.497 e. The maximum Gasteiger partial charge on any atom is 0.246 e. The highest BCUT2D eigenvalue weighted by atomic mass is 16.5. The summed E-state index contributed by atoms with van der Waals surface area (Å²) in [7, 11) is 5.15. The van der Waals surface area contributed by atoms with Crippen molar-refractivity contribution in [3.63, 3.8) is 0 Å². The Morgan fingerprint density at radius 3 is 2.73 bits per heavy atom. The second-order valence-corrected chi connectivity index (χ2v) is 7.00. The van der Waals surface area contributed by atoms with Crippen molar-refractivity contribution in [2.75, 3.05) is 51.8 Å². The summed E-state index contributed by atoms with van der Waals surface area (Å²) in [4.78, 5) is 21.2. The van der Waals surface area contributed by atoms with Gasteiger partial charge in [0, 0.05) is 39.4 Å². The molecular weight excluding hydrogens is 384 g/mol. The van der Waals surface area contributed by atoms with Gasteiger partial charge in [0.15, 0.2) is 5.96 Å². The molecule has 0 aliphatic carbocycles. The molecule has 1 aromatic carbocycles. The maximum absolute atomic E-state index is 12.7. The number of aromatic nitrogens is 2. The number of rotatable bonds is 7. The molecule has 1 aromatic heterocycles. The second kappa shape index (κ2) is 10.00. The van der Waals surface area contributed by atoms with Crippen molar-refractivity contribution >= 4 is 17.6 Å². The Bertz CT molecular complexity index is 895. The zero-order valence-electron chi connectivity index (χ0n) is 18.1. The molecule has 2 aromatic rings. The zero-order chi connectivity index (χ0) is 21.5. The van der Waals surface area contributed by atoms with Crippen molar-refractivity contribution in [2.24, 2.45) is 12.0 Å². The van der Waals surface area contributed by atoms with Crippen molar-refractivity contribution in [1.82, 2.24) is 20.0 Å². The highest BCUT2D eigenvalue weighted by molar-refractivity contribution is 5.98. The summed E-state index contributed by atoms with van der Waals surface area (Å²) in [5, 5.41) is 7.46. The third-order valence-electron chi connectivity index (χ3n) is 4.99. The molecule has 1 saturated heterocycles. The smallest absolute Gasteiger partial charge is 0.246 e. The molecule has 2 heterocycles. The van der Waals surface area contributed by atoms with E-state index in [1.807, 2.05) is 43.3 Å². The number of nitrogens with zero attached hydrogens (tertiary/aromatic N) is 5. The number of aliphatic imine (C=N–C) groups is 1. The van der Waals surface area contributed by atoms with Crippen LogP contribution < -0.4 is 19.7 Å². The minimum atomic E-state index is 0.0364. The first kappa shape index (κ1) is 21.5. The summed E-state index contributed by atoms with van der Waals surface area (Å²) in [6, 6.07) is 5.75. The monoisotopic (exact) mass is 414 g/mol. The lowest BCUT2D eigenvalue weighted by atomic mass is 10.1. The van der Waals surface area contributed by atoms with E-state index in [0.717, 1.165) is 35.3 Å². The molecule has 1 aliphatic rings. The molecule has 1 amide bonds. The molecule has 3 rings (SSSR count). The van der Waals surface area contributed by atoms with E-state index in [-0.39, 0.29) is 12.5 Å². The number of hydrogen-bond acceptors (Lipinski definition) is 5. The lowest BCUT2D eigenvalue weighted by molar-refractivity contribution is -0.120. The van der Waals surface area contributed by atoms with Crippen LogP contribution in [-0.4, -0.2) is 73.5 Å². The van der Waals surface area contributed by atoms with Crippen LogP contribution in [0.25, 0.3) is 0 Å². The minimum absolute atomic E-state index is 0.0364. The molecule has 0 saturated carbocycles. The Morgan fingerprint density at radius 1 is 1.27 bits per heavy atom. The molecule has 1 N–H and O–H groups in total. The number of benzene rings is 1. The van der Waals surface area contributed by atoms with Crippen LogP contribution in [-0.2, 0) is 18.3 Å². The van der Waals surface area contributed by atoms with Gasteiger partial charge in [-0.2, -0.15) is 5.10 Å². The number of aryl methyl sites for hydroxylation is 1. The molecular formula is C21H30N6O3. The average Bonchev–Trinajstić information content (AvgIpc) is 3.18. The van der Waals surface area contributed by atoms with Gasteiger partial charge in [-0.3, -0.25) is 14.5 Å². The Hall–Kier alpha value is -3.23. The lowest BCUT2D eigenvalue weighted by Gasteiger charge is -2.35. The first-order valence-electron chi connectivity index (χ1n) is 10.1. The van der Waals surface area contributed by atoms with E-state index < -0.39 is 0 Å². The summed E-state index contributed by atoms with van der Waals surface area (Å²) >= 11 is 0. The number of ether oxygens (including phenoxy) is 2. The number of hydrogen-bond donors (Lipinski definition) is 1. The fourth-order valence-corrected chi connectivity index (χ4v) is 3.46. The number of carbonyl (C=O) groups is 1. The van der Waals surface area contributed by atoms with E-state index in [1.165, 1.54) is 0 Å². The molecule has 0 radical (unpaired) electrons. The highest BCUT2D eigenvalue weighted by Gasteiger charge is 2.27. The molecule has 1 fully saturated rings. The van der Waals surface area contributed by atoms with Gasteiger partial charge in [-0.1, -0.05) is 0 Å². The van der Waals surface area contributed by atoms with E-state index in [9.17, 15) is 4.79 Å². The Labute approximate surface area is 177 Å². The van der Waals surface area contributed by atoms with Crippen molar-refractivity contribution in [3.8, 4) is 11.5 Å². The Kier molecular flexibility index (Phi) is 7.16. The predicted molar refractivity (Wildman–Crippen MR) is 116 cm³/mol. The van der Waals surface area contributed by atoms with Crippen LogP contribution >= 0.6 is 0 Å².